The number of likely N-dealkylation sites (N-methyl/N-ethyl adjacent to an activating group) is 1. The van der Waals surface area contributed by atoms with E-state index in [1.807, 2.05) is 13.1 Å². The van der Waals surface area contributed by atoms with Crippen LogP contribution in [-0.2, 0) is 4.79 Å². The second-order valence-corrected chi connectivity index (χ2v) is 6.17. The summed E-state index contributed by atoms with van der Waals surface area (Å²) in [6, 6.07) is 5.64. The Balaban J connectivity index is 0.00000220. The van der Waals surface area contributed by atoms with Gasteiger partial charge in [0.25, 0.3) is 5.91 Å². The van der Waals surface area contributed by atoms with Crippen LogP contribution < -0.4 is 10.1 Å². The Morgan fingerprint density at radius 2 is 2.14 bits per heavy atom. The lowest BCUT2D eigenvalue weighted by Gasteiger charge is -2.31. The summed E-state index contributed by atoms with van der Waals surface area (Å²) in [6.07, 6.45) is 1.97. The Labute approximate surface area is 144 Å². The van der Waals surface area contributed by atoms with Gasteiger partial charge in [0.15, 0.2) is 6.61 Å². The molecule has 2 rings (SSSR count). The largest absolute Gasteiger partial charge is 0.482 e. The van der Waals surface area contributed by atoms with Crippen molar-refractivity contribution in [2.24, 2.45) is 0 Å². The van der Waals surface area contributed by atoms with Crippen molar-refractivity contribution in [1.82, 2.24) is 10.2 Å². The quantitative estimate of drug-likeness (QED) is 0.848. The van der Waals surface area contributed by atoms with Crippen LogP contribution in [0.25, 0.3) is 0 Å². The summed E-state index contributed by atoms with van der Waals surface area (Å²) in [5.74, 6) is 0.512. The molecule has 4 nitrogen and oxygen atoms in total. The maximum absolute atomic E-state index is 12.1. The summed E-state index contributed by atoms with van der Waals surface area (Å²) < 4.78 is 6.39. The summed E-state index contributed by atoms with van der Waals surface area (Å²) in [7, 11) is 1.84. The normalized spacial score (nSPS) is 15.2. The monoisotopic (exact) mass is 396 g/mol. The average molecular weight is 398 g/mol. The maximum atomic E-state index is 12.1. The molecule has 1 N–H and O–H groups in total. The molecule has 1 aromatic rings. The molecule has 0 aromatic heterocycles. The lowest BCUT2D eigenvalue weighted by atomic mass is 10.1. The number of amides is 1. The molecule has 0 spiro atoms. The first-order valence-corrected chi connectivity index (χ1v) is 7.79. The highest BCUT2D eigenvalue weighted by Crippen LogP contribution is 2.27. The summed E-state index contributed by atoms with van der Waals surface area (Å²) in [6.45, 7) is 1.94. The first-order chi connectivity index (χ1) is 9.58. The van der Waals surface area contributed by atoms with Crippen molar-refractivity contribution >= 4 is 45.8 Å². The molecule has 1 aromatic carbocycles. The second-order valence-electron chi connectivity index (χ2n) is 4.85. The molecule has 1 amide bonds. The van der Waals surface area contributed by atoms with Crippen LogP contribution in [0.2, 0.25) is 5.02 Å². The molecule has 1 saturated heterocycles. The molecule has 1 fully saturated rings. The van der Waals surface area contributed by atoms with Crippen LogP contribution >= 0.6 is 39.9 Å². The zero-order valence-electron chi connectivity index (χ0n) is 11.8. The van der Waals surface area contributed by atoms with Gasteiger partial charge >= 0.3 is 0 Å². The molecule has 21 heavy (non-hydrogen) atoms. The highest BCUT2D eigenvalue weighted by atomic mass is 79.9. The molecule has 118 valence electrons. The fourth-order valence-corrected chi connectivity index (χ4v) is 2.96. The Hall–Kier alpha value is -0.490. The van der Waals surface area contributed by atoms with Crippen molar-refractivity contribution in [1.29, 1.82) is 0 Å². The Bertz CT molecular complexity index is 482. The van der Waals surface area contributed by atoms with Gasteiger partial charge < -0.3 is 15.0 Å². The molecule has 0 radical (unpaired) electrons. The highest BCUT2D eigenvalue weighted by Gasteiger charge is 2.22. The molecule has 1 heterocycles. The third-order valence-corrected chi connectivity index (χ3v) is 4.28. The number of hydrogen-bond donors (Lipinski definition) is 1. The van der Waals surface area contributed by atoms with Gasteiger partial charge in [-0.3, -0.25) is 4.79 Å². The predicted molar refractivity (Wildman–Crippen MR) is 90.6 cm³/mol. The summed E-state index contributed by atoms with van der Waals surface area (Å²) >= 11 is 9.38. The molecular formula is C14H19BrCl2N2O2. The summed E-state index contributed by atoms with van der Waals surface area (Å²) in [5.41, 5.74) is 0. The fraction of sp³-hybridized carbons (Fsp3) is 0.500. The third kappa shape index (κ3) is 5.33. The molecular weight excluding hydrogens is 379 g/mol. The number of nitrogens with one attached hydrogen (secondary N) is 1. The van der Waals surface area contributed by atoms with E-state index in [0.29, 0.717) is 16.8 Å². The maximum Gasteiger partial charge on any atom is 0.260 e. The van der Waals surface area contributed by atoms with Gasteiger partial charge in [-0.05, 0) is 44.1 Å². The number of piperidine rings is 1. The molecule has 1 aliphatic rings. The number of benzene rings is 1. The minimum absolute atomic E-state index is 0. The van der Waals surface area contributed by atoms with Crippen LogP contribution in [0.5, 0.6) is 5.75 Å². The van der Waals surface area contributed by atoms with Gasteiger partial charge in [0.1, 0.15) is 5.75 Å². The predicted octanol–water partition coefficient (Wildman–Crippen LogP) is 3.11. The van der Waals surface area contributed by atoms with Gasteiger partial charge in [-0.25, -0.2) is 0 Å². The minimum atomic E-state index is -0.0177. The Morgan fingerprint density at radius 3 is 2.76 bits per heavy atom. The van der Waals surface area contributed by atoms with E-state index >= 15 is 0 Å². The number of nitrogens with zero attached hydrogens (tertiary/aromatic N) is 1. The lowest BCUT2D eigenvalue weighted by molar-refractivity contribution is -0.134. The standard InChI is InChI=1S/C14H18BrClN2O2.ClH/c1-18(11-4-6-17-7-5-11)14(19)9-20-13-3-2-10(15)8-12(13)16;/h2-3,8,11,17H,4-7,9H2,1H3;1H. The number of carbonyl (C=O) groups excluding carboxylic acids is 1. The number of ether oxygens (including phenoxy) is 1. The average Bonchev–Trinajstić information content (AvgIpc) is 2.46. The van der Waals surface area contributed by atoms with Crippen LogP contribution in [-0.4, -0.2) is 43.6 Å². The van der Waals surface area contributed by atoms with E-state index < -0.39 is 0 Å². The van der Waals surface area contributed by atoms with E-state index in [1.54, 1.807) is 17.0 Å². The van der Waals surface area contributed by atoms with Crippen LogP contribution in [0.4, 0.5) is 0 Å². The summed E-state index contributed by atoms with van der Waals surface area (Å²) in [5, 5.41) is 3.78. The number of halogens is 3. The number of carbonyl (C=O) groups is 1. The Kier molecular flexibility index (Phi) is 7.81. The van der Waals surface area contributed by atoms with Crippen molar-refractivity contribution < 1.29 is 9.53 Å². The molecule has 0 saturated carbocycles. The van der Waals surface area contributed by atoms with Crippen molar-refractivity contribution in [2.45, 2.75) is 18.9 Å². The number of hydrogen-bond acceptors (Lipinski definition) is 3. The molecule has 0 unspecified atom stereocenters. The van der Waals surface area contributed by atoms with Crippen LogP contribution in [0.3, 0.4) is 0 Å². The third-order valence-electron chi connectivity index (χ3n) is 3.49. The van der Waals surface area contributed by atoms with Gasteiger partial charge in [0.2, 0.25) is 0 Å². The van der Waals surface area contributed by atoms with E-state index in [9.17, 15) is 4.79 Å². The van der Waals surface area contributed by atoms with Gasteiger partial charge in [0, 0.05) is 17.6 Å². The zero-order valence-corrected chi connectivity index (χ0v) is 14.9. The van der Waals surface area contributed by atoms with E-state index in [0.717, 1.165) is 30.4 Å². The first-order valence-electron chi connectivity index (χ1n) is 6.62. The smallest absolute Gasteiger partial charge is 0.260 e. The molecule has 0 bridgehead atoms. The van der Waals surface area contributed by atoms with E-state index in [2.05, 4.69) is 21.2 Å². The molecule has 0 aliphatic carbocycles. The Morgan fingerprint density at radius 1 is 1.48 bits per heavy atom. The highest BCUT2D eigenvalue weighted by molar-refractivity contribution is 9.10. The molecule has 7 heteroatoms. The van der Waals surface area contributed by atoms with Crippen molar-refractivity contribution in [2.75, 3.05) is 26.7 Å². The zero-order chi connectivity index (χ0) is 14.5. The molecule has 0 atom stereocenters. The van der Waals surface area contributed by atoms with Gasteiger partial charge in [-0.15, -0.1) is 12.4 Å². The van der Waals surface area contributed by atoms with Crippen molar-refractivity contribution in [3.8, 4) is 5.75 Å². The van der Waals surface area contributed by atoms with E-state index in [-0.39, 0.29) is 24.9 Å². The number of rotatable bonds is 4. The van der Waals surface area contributed by atoms with Gasteiger partial charge in [0.05, 0.1) is 5.02 Å². The van der Waals surface area contributed by atoms with E-state index in [1.165, 1.54) is 0 Å². The summed E-state index contributed by atoms with van der Waals surface area (Å²) in [4.78, 5) is 13.9. The van der Waals surface area contributed by atoms with Crippen molar-refractivity contribution in [3.05, 3.63) is 27.7 Å². The van der Waals surface area contributed by atoms with Crippen LogP contribution in [0.1, 0.15) is 12.8 Å². The topological polar surface area (TPSA) is 41.6 Å². The van der Waals surface area contributed by atoms with Gasteiger partial charge in [-0.2, -0.15) is 0 Å². The first kappa shape index (κ1) is 18.6. The van der Waals surface area contributed by atoms with Crippen LogP contribution in [0, 0.1) is 0 Å². The van der Waals surface area contributed by atoms with E-state index in [4.69, 9.17) is 16.3 Å². The van der Waals surface area contributed by atoms with Crippen LogP contribution in [0.15, 0.2) is 22.7 Å². The fourth-order valence-electron chi connectivity index (χ4n) is 2.23. The van der Waals surface area contributed by atoms with Crippen molar-refractivity contribution in [3.63, 3.8) is 0 Å². The molecule has 1 aliphatic heterocycles. The SMILES string of the molecule is CN(C(=O)COc1ccc(Br)cc1Cl)C1CCNCC1.Cl. The minimum Gasteiger partial charge on any atom is -0.482 e. The lowest BCUT2D eigenvalue weighted by Crippen LogP contribution is -2.45. The van der Waals surface area contributed by atoms with Gasteiger partial charge in [-0.1, -0.05) is 27.5 Å². The second kappa shape index (κ2) is 8.83.